The quantitative estimate of drug-likeness (QED) is 0.839. The fourth-order valence-electron chi connectivity index (χ4n) is 4.67. The van der Waals surface area contributed by atoms with Crippen molar-refractivity contribution >= 4 is 12.1 Å². The predicted molar refractivity (Wildman–Crippen MR) is 106 cm³/mol. The summed E-state index contributed by atoms with van der Waals surface area (Å²) in [6.07, 6.45) is 2.35. The summed E-state index contributed by atoms with van der Waals surface area (Å²) in [6.45, 7) is 2.20. The van der Waals surface area contributed by atoms with Gasteiger partial charge in [0.2, 0.25) is 0 Å². The maximum atomic E-state index is 12.9. The van der Waals surface area contributed by atoms with Crippen LogP contribution in [0.15, 0.2) is 48.5 Å². The van der Waals surface area contributed by atoms with E-state index in [1.54, 1.807) is 0 Å². The Labute approximate surface area is 164 Å². The molecule has 5 nitrogen and oxygen atoms in total. The molecule has 1 saturated heterocycles. The molecule has 0 radical (unpaired) electrons. The van der Waals surface area contributed by atoms with Crippen LogP contribution in [0.5, 0.6) is 0 Å². The van der Waals surface area contributed by atoms with Crippen LogP contribution < -0.4 is 0 Å². The van der Waals surface area contributed by atoms with Gasteiger partial charge < -0.3 is 9.84 Å². The van der Waals surface area contributed by atoms with Crippen molar-refractivity contribution in [3.63, 3.8) is 0 Å². The van der Waals surface area contributed by atoms with E-state index in [9.17, 15) is 14.7 Å². The van der Waals surface area contributed by atoms with Gasteiger partial charge in [0.15, 0.2) is 0 Å². The normalized spacial score (nSPS) is 21.1. The van der Waals surface area contributed by atoms with Crippen molar-refractivity contribution in [2.75, 3.05) is 6.61 Å². The lowest BCUT2D eigenvalue weighted by Gasteiger charge is -2.39. The van der Waals surface area contributed by atoms with Gasteiger partial charge in [-0.1, -0.05) is 55.5 Å². The molecule has 4 rings (SSSR count). The van der Waals surface area contributed by atoms with Gasteiger partial charge in [-0.05, 0) is 47.9 Å². The number of rotatable bonds is 4. The third kappa shape index (κ3) is 3.15. The van der Waals surface area contributed by atoms with Gasteiger partial charge in [-0.2, -0.15) is 0 Å². The molecule has 2 aromatic rings. The number of carboxylic acid groups (broad SMARTS) is 1. The summed E-state index contributed by atoms with van der Waals surface area (Å²) in [6, 6.07) is 15.5. The zero-order valence-corrected chi connectivity index (χ0v) is 16.0. The average Bonchev–Trinajstić information content (AvgIpc) is 3.05. The van der Waals surface area contributed by atoms with Crippen LogP contribution in [0, 0.1) is 0 Å². The third-order valence-corrected chi connectivity index (χ3v) is 6.05. The number of piperidine rings is 1. The molecule has 146 valence electrons. The van der Waals surface area contributed by atoms with Crippen LogP contribution in [0.3, 0.4) is 0 Å². The second-order valence-electron chi connectivity index (χ2n) is 7.56. The highest BCUT2D eigenvalue weighted by Crippen LogP contribution is 2.44. The molecule has 2 aromatic carbocycles. The Hall–Kier alpha value is -2.82. The minimum absolute atomic E-state index is 0.0236. The number of benzene rings is 2. The number of hydrogen-bond acceptors (Lipinski definition) is 3. The van der Waals surface area contributed by atoms with E-state index in [0.717, 1.165) is 30.4 Å². The first kappa shape index (κ1) is 18.5. The summed E-state index contributed by atoms with van der Waals surface area (Å²) in [5, 5.41) is 9.56. The molecule has 2 atom stereocenters. The van der Waals surface area contributed by atoms with E-state index in [-0.39, 0.29) is 18.6 Å². The highest BCUT2D eigenvalue weighted by atomic mass is 16.6. The summed E-state index contributed by atoms with van der Waals surface area (Å²) in [4.78, 5) is 26.0. The molecule has 2 unspecified atom stereocenters. The van der Waals surface area contributed by atoms with Crippen LogP contribution in [0.4, 0.5) is 4.79 Å². The number of likely N-dealkylation sites (tertiary alicyclic amines) is 1. The molecule has 0 saturated carbocycles. The highest BCUT2D eigenvalue weighted by Gasteiger charge is 2.39. The van der Waals surface area contributed by atoms with Crippen molar-refractivity contribution in [1.29, 1.82) is 0 Å². The molecule has 1 amide bonds. The van der Waals surface area contributed by atoms with Crippen LogP contribution in [0.25, 0.3) is 11.1 Å². The Balaban J connectivity index is 1.55. The van der Waals surface area contributed by atoms with Gasteiger partial charge in [-0.25, -0.2) is 9.59 Å². The summed E-state index contributed by atoms with van der Waals surface area (Å²) in [5.41, 5.74) is 4.65. The molecule has 5 heteroatoms. The lowest BCUT2D eigenvalue weighted by atomic mass is 9.94. The lowest BCUT2D eigenvalue weighted by Crippen LogP contribution is -2.53. The van der Waals surface area contributed by atoms with Gasteiger partial charge in [0.25, 0.3) is 0 Å². The molecule has 1 heterocycles. The van der Waals surface area contributed by atoms with Crippen molar-refractivity contribution in [3.05, 3.63) is 59.7 Å². The second kappa shape index (κ2) is 7.66. The largest absolute Gasteiger partial charge is 0.480 e. The molecule has 2 aliphatic rings. The van der Waals surface area contributed by atoms with E-state index in [4.69, 9.17) is 4.74 Å². The number of carbonyl (C=O) groups is 2. The summed E-state index contributed by atoms with van der Waals surface area (Å²) in [7, 11) is 0. The Morgan fingerprint density at radius 3 is 2.21 bits per heavy atom. The number of amides is 1. The fraction of sp³-hybridized carbons (Fsp3) is 0.391. The van der Waals surface area contributed by atoms with E-state index < -0.39 is 18.1 Å². The van der Waals surface area contributed by atoms with Gasteiger partial charge >= 0.3 is 12.1 Å². The van der Waals surface area contributed by atoms with Crippen LogP contribution in [-0.2, 0) is 9.53 Å². The number of hydrogen-bond donors (Lipinski definition) is 1. The molecule has 1 aliphatic carbocycles. The molecular formula is C23H25NO4. The minimum Gasteiger partial charge on any atom is -0.480 e. The zero-order valence-electron chi connectivity index (χ0n) is 16.0. The molecule has 1 fully saturated rings. The number of ether oxygens (including phenoxy) is 1. The third-order valence-electron chi connectivity index (χ3n) is 6.05. The maximum absolute atomic E-state index is 12.9. The molecular weight excluding hydrogens is 354 g/mol. The van der Waals surface area contributed by atoms with E-state index in [2.05, 4.69) is 24.3 Å². The second-order valence-corrected chi connectivity index (χ2v) is 7.56. The smallest absolute Gasteiger partial charge is 0.410 e. The Bertz CT molecular complexity index is 848. The average molecular weight is 379 g/mol. The van der Waals surface area contributed by atoms with Crippen LogP contribution in [-0.4, -0.2) is 40.8 Å². The molecule has 0 bridgehead atoms. The fourth-order valence-corrected chi connectivity index (χ4v) is 4.67. The van der Waals surface area contributed by atoms with Crippen molar-refractivity contribution in [2.24, 2.45) is 0 Å². The number of carboxylic acids is 1. The van der Waals surface area contributed by atoms with E-state index in [1.807, 2.05) is 31.2 Å². The first-order valence-corrected chi connectivity index (χ1v) is 9.98. The predicted octanol–water partition coefficient (Wildman–Crippen LogP) is 4.65. The molecule has 0 aromatic heterocycles. The van der Waals surface area contributed by atoms with Gasteiger partial charge in [-0.15, -0.1) is 0 Å². The number of nitrogens with zero attached hydrogens (tertiary/aromatic N) is 1. The monoisotopic (exact) mass is 379 g/mol. The Morgan fingerprint density at radius 2 is 1.64 bits per heavy atom. The van der Waals surface area contributed by atoms with Crippen LogP contribution >= 0.6 is 0 Å². The maximum Gasteiger partial charge on any atom is 0.410 e. The van der Waals surface area contributed by atoms with E-state index in [0.29, 0.717) is 6.42 Å². The molecule has 28 heavy (non-hydrogen) atoms. The first-order chi connectivity index (χ1) is 13.6. The van der Waals surface area contributed by atoms with Gasteiger partial charge in [0.05, 0.1) is 0 Å². The van der Waals surface area contributed by atoms with Crippen molar-refractivity contribution in [1.82, 2.24) is 4.90 Å². The lowest BCUT2D eigenvalue weighted by molar-refractivity contribution is -0.145. The summed E-state index contributed by atoms with van der Waals surface area (Å²) >= 11 is 0. The van der Waals surface area contributed by atoms with Crippen molar-refractivity contribution < 1.29 is 19.4 Å². The standard InChI is InChI=1S/C23H25NO4/c1-2-15-8-7-13-21(22(25)26)24(15)23(27)28-14-20-18-11-5-3-9-16(18)17-10-4-6-12-19(17)20/h3-6,9-12,15,20-21H,2,7-8,13-14H2,1H3,(H,25,26). The van der Waals surface area contributed by atoms with Crippen molar-refractivity contribution in [2.45, 2.75) is 50.6 Å². The van der Waals surface area contributed by atoms with Crippen molar-refractivity contribution in [3.8, 4) is 11.1 Å². The zero-order chi connectivity index (χ0) is 19.7. The van der Waals surface area contributed by atoms with E-state index >= 15 is 0 Å². The van der Waals surface area contributed by atoms with Gasteiger partial charge in [0, 0.05) is 12.0 Å². The van der Waals surface area contributed by atoms with Gasteiger partial charge in [0.1, 0.15) is 12.6 Å². The van der Waals surface area contributed by atoms with Crippen LogP contribution in [0.1, 0.15) is 49.7 Å². The molecule has 1 aliphatic heterocycles. The van der Waals surface area contributed by atoms with E-state index in [1.165, 1.54) is 16.0 Å². The minimum atomic E-state index is -0.952. The first-order valence-electron chi connectivity index (χ1n) is 9.98. The topological polar surface area (TPSA) is 66.8 Å². The number of fused-ring (bicyclic) bond motifs is 3. The molecule has 0 spiro atoms. The molecule has 1 N–H and O–H groups in total. The summed E-state index contributed by atoms with van der Waals surface area (Å²) < 4.78 is 5.72. The summed E-state index contributed by atoms with van der Waals surface area (Å²) in [5.74, 6) is -0.976. The SMILES string of the molecule is CCC1CCCC(C(=O)O)N1C(=O)OCC1c2ccccc2-c2ccccc21. The number of aliphatic carboxylic acids is 1. The Morgan fingerprint density at radius 1 is 1.04 bits per heavy atom. The van der Waals surface area contributed by atoms with Crippen LogP contribution in [0.2, 0.25) is 0 Å². The Kier molecular flexibility index (Phi) is 5.07. The van der Waals surface area contributed by atoms with Gasteiger partial charge in [-0.3, -0.25) is 4.90 Å². The number of carbonyl (C=O) groups excluding carboxylic acids is 1. The highest BCUT2D eigenvalue weighted by molar-refractivity contribution is 5.81.